The number of hydrogen-bond donors (Lipinski definition) is 2. The van der Waals surface area contributed by atoms with Gasteiger partial charge in [-0.2, -0.15) is 0 Å². The Labute approximate surface area is 112 Å². The molecule has 0 bridgehead atoms. The lowest BCUT2D eigenvalue weighted by atomic mass is 10.2. The molecule has 1 saturated heterocycles. The predicted octanol–water partition coefficient (Wildman–Crippen LogP) is 0.408. The van der Waals surface area contributed by atoms with Gasteiger partial charge in [0.15, 0.2) is 9.84 Å². The molecular formula is C12H17N3O3S. The Kier molecular flexibility index (Phi) is 4.06. The minimum Gasteiger partial charge on any atom is -0.326 e. The van der Waals surface area contributed by atoms with Crippen LogP contribution in [0, 0.1) is 0 Å². The number of carbonyl (C=O) groups excluding carboxylic acids is 1. The molecule has 0 spiro atoms. The van der Waals surface area contributed by atoms with Crippen molar-refractivity contribution in [2.45, 2.75) is 6.54 Å². The van der Waals surface area contributed by atoms with Crippen LogP contribution >= 0.6 is 0 Å². The third kappa shape index (κ3) is 3.68. The van der Waals surface area contributed by atoms with Gasteiger partial charge in [-0.1, -0.05) is 12.1 Å². The molecule has 1 aromatic carbocycles. The molecule has 0 radical (unpaired) electrons. The fourth-order valence-electron chi connectivity index (χ4n) is 1.84. The van der Waals surface area contributed by atoms with E-state index >= 15 is 0 Å². The Bertz CT molecular complexity index is 540. The zero-order valence-electron chi connectivity index (χ0n) is 10.5. The van der Waals surface area contributed by atoms with Gasteiger partial charge in [-0.3, -0.25) is 0 Å². The maximum atomic E-state index is 11.9. The van der Waals surface area contributed by atoms with Crippen molar-refractivity contribution >= 4 is 21.6 Å². The molecule has 2 rings (SSSR count). The first-order chi connectivity index (χ1) is 9.00. The number of carbonyl (C=O) groups is 1. The number of urea groups is 1. The quantitative estimate of drug-likeness (QED) is 0.822. The SMILES string of the molecule is NCc1ccc(NC(=O)N2CCS(=O)(=O)CC2)cc1. The van der Waals surface area contributed by atoms with Gasteiger partial charge in [0.1, 0.15) is 0 Å². The number of rotatable bonds is 2. The number of nitrogens with two attached hydrogens (primary N) is 1. The predicted molar refractivity (Wildman–Crippen MR) is 73.6 cm³/mol. The van der Waals surface area contributed by atoms with Crippen molar-refractivity contribution in [2.24, 2.45) is 5.73 Å². The van der Waals surface area contributed by atoms with Crippen LogP contribution in [0.3, 0.4) is 0 Å². The first kappa shape index (κ1) is 13.8. The lowest BCUT2D eigenvalue weighted by molar-refractivity contribution is 0.216. The van der Waals surface area contributed by atoms with E-state index < -0.39 is 9.84 Å². The van der Waals surface area contributed by atoms with E-state index in [2.05, 4.69) is 5.32 Å². The number of sulfone groups is 1. The first-order valence-corrected chi connectivity index (χ1v) is 7.88. The summed E-state index contributed by atoms with van der Waals surface area (Å²) < 4.78 is 22.6. The molecule has 19 heavy (non-hydrogen) atoms. The van der Waals surface area contributed by atoms with Crippen molar-refractivity contribution in [1.29, 1.82) is 0 Å². The van der Waals surface area contributed by atoms with E-state index in [-0.39, 0.29) is 30.6 Å². The van der Waals surface area contributed by atoms with E-state index in [1.54, 1.807) is 12.1 Å². The molecule has 0 saturated carbocycles. The van der Waals surface area contributed by atoms with E-state index in [1.165, 1.54) is 4.90 Å². The largest absolute Gasteiger partial charge is 0.326 e. The number of nitrogens with zero attached hydrogens (tertiary/aromatic N) is 1. The van der Waals surface area contributed by atoms with Crippen molar-refractivity contribution < 1.29 is 13.2 Å². The Morgan fingerprint density at radius 3 is 2.32 bits per heavy atom. The Morgan fingerprint density at radius 1 is 1.21 bits per heavy atom. The van der Waals surface area contributed by atoms with E-state index in [0.29, 0.717) is 12.2 Å². The molecule has 104 valence electrons. The topological polar surface area (TPSA) is 92.5 Å². The molecule has 2 amide bonds. The highest BCUT2D eigenvalue weighted by molar-refractivity contribution is 7.91. The molecular weight excluding hydrogens is 266 g/mol. The molecule has 0 aromatic heterocycles. The minimum absolute atomic E-state index is 0.0343. The Morgan fingerprint density at radius 2 is 1.79 bits per heavy atom. The lowest BCUT2D eigenvalue weighted by Gasteiger charge is -2.26. The standard InChI is InChI=1S/C12H17N3O3S/c13-9-10-1-3-11(4-2-10)14-12(16)15-5-7-19(17,18)8-6-15/h1-4H,5-9,13H2,(H,14,16). The van der Waals surface area contributed by atoms with Crippen LogP contribution in [0.15, 0.2) is 24.3 Å². The van der Waals surface area contributed by atoms with E-state index in [1.807, 2.05) is 12.1 Å². The highest BCUT2D eigenvalue weighted by Crippen LogP contribution is 2.11. The Hall–Kier alpha value is -1.60. The number of nitrogens with one attached hydrogen (secondary N) is 1. The fraction of sp³-hybridized carbons (Fsp3) is 0.417. The van der Waals surface area contributed by atoms with Gasteiger partial charge in [-0.05, 0) is 17.7 Å². The summed E-state index contributed by atoms with van der Waals surface area (Å²) in [6.07, 6.45) is 0. The van der Waals surface area contributed by atoms with Crippen LogP contribution in [0.1, 0.15) is 5.56 Å². The summed E-state index contributed by atoms with van der Waals surface area (Å²) >= 11 is 0. The highest BCUT2D eigenvalue weighted by Gasteiger charge is 2.24. The molecule has 1 fully saturated rings. The maximum absolute atomic E-state index is 11.9. The van der Waals surface area contributed by atoms with Crippen molar-refractivity contribution in [3.8, 4) is 0 Å². The average molecular weight is 283 g/mol. The van der Waals surface area contributed by atoms with Gasteiger partial charge >= 0.3 is 6.03 Å². The van der Waals surface area contributed by atoms with Gasteiger partial charge in [-0.15, -0.1) is 0 Å². The summed E-state index contributed by atoms with van der Waals surface area (Å²) in [5.41, 5.74) is 7.16. The summed E-state index contributed by atoms with van der Waals surface area (Å²) in [5, 5.41) is 2.74. The Balaban J connectivity index is 1.94. The second kappa shape index (κ2) is 5.58. The van der Waals surface area contributed by atoms with Gasteiger partial charge < -0.3 is 16.0 Å². The second-order valence-corrected chi connectivity index (χ2v) is 6.77. The molecule has 6 nitrogen and oxygen atoms in total. The van der Waals surface area contributed by atoms with Gasteiger partial charge in [0.25, 0.3) is 0 Å². The number of benzene rings is 1. The molecule has 7 heteroatoms. The van der Waals surface area contributed by atoms with E-state index in [9.17, 15) is 13.2 Å². The second-order valence-electron chi connectivity index (χ2n) is 4.47. The molecule has 0 aliphatic carbocycles. The van der Waals surface area contributed by atoms with Gasteiger partial charge in [0.2, 0.25) is 0 Å². The molecule has 1 aliphatic rings. The summed E-state index contributed by atoms with van der Waals surface area (Å²) in [4.78, 5) is 13.4. The maximum Gasteiger partial charge on any atom is 0.321 e. The molecule has 3 N–H and O–H groups in total. The third-order valence-corrected chi connectivity index (χ3v) is 4.68. The molecule has 1 heterocycles. The summed E-state index contributed by atoms with van der Waals surface area (Å²) in [7, 11) is -2.97. The number of anilines is 1. The van der Waals surface area contributed by atoms with Crippen LogP contribution in [0.4, 0.5) is 10.5 Å². The fourth-order valence-corrected chi connectivity index (χ4v) is 3.04. The van der Waals surface area contributed by atoms with Crippen molar-refractivity contribution in [2.75, 3.05) is 29.9 Å². The van der Waals surface area contributed by atoms with Crippen LogP contribution in [-0.4, -0.2) is 43.9 Å². The number of hydrogen-bond acceptors (Lipinski definition) is 4. The molecule has 1 aromatic rings. The highest BCUT2D eigenvalue weighted by atomic mass is 32.2. The average Bonchev–Trinajstić information content (AvgIpc) is 2.39. The van der Waals surface area contributed by atoms with Gasteiger partial charge in [-0.25, -0.2) is 13.2 Å². The van der Waals surface area contributed by atoms with Crippen LogP contribution in [-0.2, 0) is 16.4 Å². The van der Waals surface area contributed by atoms with Crippen molar-refractivity contribution in [1.82, 2.24) is 4.90 Å². The third-order valence-electron chi connectivity index (χ3n) is 3.07. The van der Waals surface area contributed by atoms with Crippen LogP contribution in [0.25, 0.3) is 0 Å². The number of amides is 2. The van der Waals surface area contributed by atoms with Crippen molar-refractivity contribution in [3.05, 3.63) is 29.8 Å². The van der Waals surface area contributed by atoms with Crippen LogP contribution < -0.4 is 11.1 Å². The van der Waals surface area contributed by atoms with E-state index in [0.717, 1.165) is 5.56 Å². The smallest absolute Gasteiger partial charge is 0.321 e. The van der Waals surface area contributed by atoms with E-state index in [4.69, 9.17) is 5.73 Å². The van der Waals surface area contributed by atoms with Gasteiger partial charge in [0.05, 0.1) is 11.5 Å². The zero-order chi connectivity index (χ0) is 13.9. The first-order valence-electron chi connectivity index (χ1n) is 6.05. The molecule has 0 atom stereocenters. The summed E-state index contributed by atoms with van der Waals surface area (Å²) in [6.45, 7) is 0.947. The lowest BCUT2D eigenvalue weighted by Crippen LogP contribution is -2.45. The van der Waals surface area contributed by atoms with Gasteiger partial charge in [0, 0.05) is 25.3 Å². The zero-order valence-corrected chi connectivity index (χ0v) is 11.3. The summed E-state index contributed by atoms with van der Waals surface area (Å²) in [5.74, 6) is 0.0685. The summed E-state index contributed by atoms with van der Waals surface area (Å²) in [6, 6.07) is 6.98. The molecule has 0 unspecified atom stereocenters. The van der Waals surface area contributed by atoms with Crippen molar-refractivity contribution in [3.63, 3.8) is 0 Å². The molecule has 1 aliphatic heterocycles. The normalized spacial score (nSPS) is 18.1. The van der Waals surface area contributed by atoms with Crippen LogP contribution in [0.2, 0.25) is 0 Å². The monoisotopic (exact) mass is 283 g/mol. The van der Waals surface area contributed by atoms with Crippen LogP contribution in [0.5, 0.6) is 0 Å². The minimum atomic E-state index is -2.97.